The first-order valence-corrected chi connectivity index (χ1v) is 37.3. The number of hydrogen-bond acceptors (Lipinski definition) is 48. The fraction of sp³-hybridized carbons (Fsp3) is 0.923. The summed E-state index contributed by atoms with van der Waals surface area (Å²) in [5, 5.41) is 308. The van der Waals surface area contributed by atoms with Crippen molar-refractivity contribution < 1.29 is 242 Å². The molecular weight excluding hydrogens is 1620 g/mol. The molecule has 682 valence electrons. The van der Waals surface area contributed by atoms with E-state index in [1.54, 1.807) is 0 Å². The third-order valence-electron chi connectivity index (χ3n) is 21.4. The molecule has 118 heavy (non-hydrogen) atoms. The van der Waals surface area contributed by atoms with E-state index in [0.29, 0.717) is 0 Å². The summed E-state index contributed by atoms with van der Waals surface area (Å²) in [6, 6.07) is -7.72. The standard InChI is InChI=1S/C65H108N4O49/c1-15-33(83)42(92)45(95)59(104-15)103-14-27-51(39(89)30(56(99)105-27)66-16(2)77)112-57-31(67-17(3)78)40(90)49(24(10-74)109-57)113-61-47(97)53(38(88)26(111-61)13-102-60-46(96)43(93)35(85)21(7-71)106-60)115-63-55(44(94)36(86)22(8-72)108-63)116-58-32(68-18(4)79)41(91)50(25(11-75)110-58)114-62-48(98)54(37(87)23(9-73)107-62)118-65(64(100)101)5-19(80)29(69-28(82)12-76)52(117-65)34(84)20(81)6-70/h15,19-27,29-63,70-76,80-81,83-99H,5-14H2,1-4H3,(H,66,77)(H,67,78)(H,68,79)(H,69,82)(H,100,101)/t15-,19+,20-,21-,22-,23-,24-,25-,26-,27-,29-,30-,31-,32-,33+,34-,35-,36-,37+,38-,39-,40-,41-,42+,43+,44+,45-,46+,47+,48-,49-,50-,51-,52-,53+,54+,55+,56-,57+,58+,59+,60+,61+,62+,63-,65+/m1/s1. The van der Waals surface area contributed by atoms with Crippen molar-refractivity contribution in [2.45, 2.75) is 316 Å². The maximum atomic E-state index is 13.3. The van der Waals surface area contributed by atoms with Gasteiger partial charge in [0.2, 0.25) is 23.6 Å². The van der Waals surface area contributed by atoms with Gasteiger partial charge in [0.05, 0.1) is 71.1 Å². The quantitative estimate of drug-likeness (QED) is 0.0297. The van der Waals surface area contributed by atoms with Crippen molar-refractivity contribution in [1.82, 2.24) is 21.3 Å². The molecule has 0 aromatic carbocycles. The van der Waals surface area contributed by atoms with Crippen LogP contribution in [0.15, 0.2) is 0 Å². The van der Waals surface area contributed by atoms with E-state index in [2.05, 4.69) is 21.3 Å². The monoisotopic (exact) mass is 1730 g/mol. The molecule has 4 amide bonds. The molecule has 0 bridgehead atoms. The van der Waals surface area contributed by atoms with Crippen molar-refractivity contribution in [1.29, 1.82) is 0 Å². The Hall–Kier alpha value is -4.37. The Bertz CT molecular complexity index is 3210. The highest BCUT2D eigenvalue weighted by Crippen LogP contribution is 2.42. The SMILES string of the molecule is CC(=O)N[C@@H]1[C@@H](O)[C@H](O[C@@H]2O[C@H](CO)[C@@H](O[C@@H]3O[C@H](CO[C@H]4O[C@H](CO)[C@@H](O)[C@H](O)[C@@H]4O)[C@@H](O)[C@H](O[C@H]4O[C@H](CO)[C@@H](O)[C@H](O)[C@@H]4O[C@@H]4O[C@H](CO)[C@@H](O[C@@H]5O[C@H](CO)[C@H](O)[C@H](O[C@]6(C(=O)O)C[C@H](O)[C@@H](NC(=O)CO)[C@H]([C@H](O)[C@H](O)CO)O6)[C@H]5O)[C@H](O)[C@H]4NC(C)=O)[C@@H]3O)[C@H](O)[C@H]2NC(C)=O)[C@@H](CO[C@H]2O[C@H](C)[C@H](O)[C@H](O)[C@H]2O)O[C@H]1O. The molecule has 0 saturated carbocycles. The Morgan fingerprint density at radius 1 is 0.381 bits per heavy atom. The summed E-state index contributed by atoms with van der Waals surface area (Å²) in [6.07, 6.45) is -88.8. The Balaban J connectivity index is 1.00. The molecule has 9 heterocycles. The van der Waals surface area contributed by atoms with Crippen LogP contribution in [-0.4, -0.2) is 509 Å². The van der Waals surface area contributed by atoms with Crippen LogP contribution in [0, 0.1) is 0 Å². The first-order chi connectivity index (χ1) is 55.6. The Labute approximate surface area is 666 Å². The Morgan fingerprint density at radius 2 is 0.780 bits per heavy atom. The van der Waals surface area contributed by atoms with E-state index >= 15 is 0 Å². The van der Waals surface area contributed by atoms with Gasteiger partial charge < -0.3 is 240 Å². The van der Waals surface area contributed by atoms with Crippen LogP contribution < -0.4 is 21.3 Å². The van der Waals surface area contributed by atoms with Crippen LogP contribution in [0.4, 0.5) is 0 Å². The maximum Gasteiger partial charge on any atom is 0.364 e. The number of aliphatic carboxylic acids is 1. The third-order valence-corrected chi connectivity index (χ3v) is 21.4. The first-order valence-electron chi connectivity index (χ1n) is 37.3. The second-order valence-electron chi connectivity index (χ2n) is 29.6. The molecule has 31 N–H and O–H groups in total. The van der Waals surface area contributed by atoms with E-state index in [4.69, 9.17) is 80.5 Å². The lowest BCUT2D eigenvalue weighted by atomic mass is 9.88. The number of carboxylic acids is 1. The van der Waals surface area contributed by atoms with E-state index in [0.717, 1.165) is 20.8 Å². The van der Waals surface area contributed by atoms with E-state index in [-0.39, 0.29) is 0 Å². The number of carbonyl (C=O) groups excluding carboxylic acids is 4. The van der Waals surface area contributed by atoms with Gasteiger partial charge in [-0.25, -0.2) is 4.79 Å². The zero-order chi connectivity index (χ0) is 87.3. The average molecular weight is 1730 g/mol. The van der Waals surface area contributed by atoms with Crippen LogP contribution >= 0.6 is 0 Å². The summed E-state index contributed by atoms with van der Waals surface area (Å²) in [7, 11) is 0. The number of rotatable bonds is 32. The van der Waals surface area contributed by atoms with Gasteiger partial charge in [0, 0.05) is 27.2 Å². The highest BCUT2D eigenvalue weighted by molar-refractivity contribution is 5.78. The van der Waals surface area contributed by atoms with Gasteiger partial charge in [-0.05, 0) is 6.92 Å². The molecule has 0 radical (unpaired) electrons. The van der Waals surface area contributed by atoms with Crippen molar-refractivity contribution >= 4 is 29.6 Å². The number of carbonyl (C=O) groups is 5. The molecule has 0 aromatic rings. The minimum absolute atomic E-state index is 0.832. The molecule has 9 saturated heterocycles. The highest BCUT2D eigenvalue weighted by Gasteiger charge is 2.63. The molecular formula is C65H108N4O49. The molecule has 0 aliphatic carbocycles. The second kappa shape index (κ2) is 42.1. The molecule has 53 nitrogen and oxygen atoms in total. The third kappa shape index (κ3) is 21.4. The van der Waals surface area contributed by atoms with E-state index in [9.17, 15) is 162 Å². The lowest BCUT2D eigenvalue weighted by molar-refractivity contribution is -0.400. The predicted molar refractivity (Wildman–Crippen MR) is 361 cm³/mol. The van der Waals surface area contributed by atoms with Gasteiger partial charge in [-0.2, -0.15) is 0 Å². The summed E-state index contributed by atoms with van der Waals surface area (Å²) in [6.45, 7) is -6.27. The molecule has 9 aliphatic heterocycles. The van der Waals surface area contributed by atoms with Gasteiger partial charge in [-0.1, -0.05) is 0 Å². The van der Waals surface area contributed by atoms with Crippen LogP contribution in [0.2, 0.25) is 0 Å². The van der Waals surface area contributed by atoms with Gasteiger partial charge in [0.25, 0.3) is 5.79 Å². The number of nitrogens with one attached hydrogen (secondary N) is 4. The highest BCUT2D eigenvalue weighted by atomic mass is 16.8. The molecule has 0 spiro atoms. The van der Waals surface area contributed by atoms with E-state index in [1.165, 1.54) is 6.92 Å². The van der Waals surface area contributed by atoms with Gasteiger partial charge in [-0.15, -0.1) is 0 Å². The van der Waals surface area contributed by atoms with Crippen molar-refractivity contribution in [3.8, 4) is 0 Å². The number of aliphatic hydroxyl groups is 26. The molecule has 9 rings (SSSR count). The van der Waals surface area contributed by atoms with Crippen molar-refractivity contribution in [3.05, 3.63) is 0 Å². The average Bonchev–Trinajstić information content (AvgIpc) is 0.751. The smallest absolute Gasteiger partial charge is 0.364 e. The van der Waals surface area contributed by atoms with Crippen molar-refractivity contribution in [2.75, 3.05) is 59.5 Å². The molecule has 0 unspecified atom stereocenters. The van der Waals surface area contributed by atoms with Crippen LogP contribution in [0.1, 0.15) is 34.1 Å². The fourth-order valence-electron chi connectivity index (χ4n) is 15.0. The maximum absolute atomic E-state index is 13.3. The second-order valence-corrected chi connectivity index (χ2v) is 29.6. The van der Waals surface area contributed by atoms with Gasteiger partial charge in [0.1, 0.15) is 214 Å². The zero-order valence-electron chi connectivity index (χ0n) is 63.1. The number of aliphatic hydroxyl groups excluding tert-OH is 26. The van der Waals surface area contributed by atoms with Gasteiger partial charge in [-0.3, -0.25) is 19.2 Å². The van der Waals surface area contributed by atoms with Crippen LogP contribution in [0.3, 0.4) is 0 Å². The minimum atomic E-state index is -3.36. The topological polar surface area (TPSA) is 837 Å². The summed E-state index contributed by atoms with van der Waals surface area (Å²) < 4.78 is 99.8. The van der Waals surface area contributed by atoms with E-state index in [1.807, 2.05) is 0 Å². The van der Waals surface area contributed by atoms with Crippen LogP contribution in [0.5, 0.6) is 0 Å². The molecule has 0 aromatic heterocycles. The summed E-state index contributed by atoms with van der Waals surface area (Å²) in [4.78, 5) is 64.2. The lowest BCUT2D eigenvalue weighted by Gasteiger charge is -2.51. The molecule has 9 fully saturated rings. The molecule has 53 heteroatoms. The van der Waals surface area contributed by atoms with E-state index < -0.39 is 377 Å². The number of carboxylic acid groups (broad SMARTS) is 1. The number of amides is 4. The first kappa shape index (κ1) is 97.4. The molecule has 9 aliphatic rings. The van der Waals surface area contributed by atoms with Crippen molar-refractivity contribution in [2.24, 2.45) is 0 Å². The normalized spacial score (nSPS) is 47.6. The predicted octanol–water partition coefficient (Wildman–Crippen LogP) is -20.8. The Kier molecular flexibility index (Phi) is 34.7. The lowest BCUT2D eigenvalue weighted by Crippen LogP contribution is -2.71. The number of ether oxygens (including phenoxy) is 17. The zero-order valence-corrected chi connectivity index (χ0v) is 63.1. The van der Waals surface area contributed by atoms with Crippen LogP contribution in [-0.2, 0) is 104 Å². The Morgan fingerprint density at radius 3 is 1.28 bits per heavy atom. The largest absolute Gasteiger partial charge is 0.477 e. The summed E-state index contributed by atoms with van der Waals surface area (Å²) in [5.74, 6) is -9.64. The summed E-state index contributed by atoms with van der Waals surface area (Å²) in [5.41, 5.74) is 0. The fourth-order valence-corrected chi connectivity index (χ4v) is 15.0. The molecule has 46 atom stereocenters. The van der Waals surface area contributed by atoms with Gasteiger partial charge in [0.15, 0.2) is 50.3 Å². The van der Waals surface area contributed by atoms with Crippen molar-refractivity contribution in [3.63, 3.8) is 0 Å². The van der Waals surface area contributed by atoms with Crippen LogP contribution in [0.25, 0.3) is 0 Å². The van der Waals surface area contributed by atoms with Gasteiger partial charge >= 0.3 is 5.97 Å². The summed E-state index contributed by atoms with van der Waals surface area (Å²) >= 11 is 0. The number of hydrogen-bond donors (Lipinski definition) is 31. The minimum Gasteiger partial charge on any atom is -0.477 e.